The van der Waals surface area contributed by atoms with Crippen molar-refractivity contribution in [2.45, 2.75) is 31.9 Å². The minimum atomic E-state index is -0.164. The predicted octanol–water partition coefficient (Wildman–Crippen LogP) is 2.97. The van der Waals surface area contributed by atoms with Crippen LogP contribution in [0.2, 0.25) is 5.02 Å². The number of ether oxygens (including phenoxy) is 1. The molecule has 9 heteroatoms. The summed E-state index contributed by atoms with van der Waals surface area (Å²) in [7, 11) is 0. The average Bonchev–Trinajstić information content (AvgIpc) is 3.24. The Morgan fingerprint density at radius 1 is 1.17 bits per heavy atom. The van der Waals surface area contributed by atoms with Gasteiger partial charge in [-0.3, -0.25) is 4.79 Å². The number of aromatic nitrogens is 4. The predicted molar refractivity (Wildman–Crippen MR) is 109 cm³/mol. The Balaban J connectivity index is 1.58. The Bertz CT molecular complexity index is 1010. The molecule has 0 spiro atoms. The minimum Gasteiger partial charge on any atom is -0.472 e. The van der Waals surface area contributed by atoms with Crippen molar-refractivity contribution in [2.24, 2.45) is 0 Å². The van der Waals surface area contributed by atoms with Gasteiger partial charge in [-0.2, -0.15) is 15.0 Å². The quantitative estimate of drug-likeness (QED) is 0.707. The highest BCUT2D eigenvalue weighted by Crippen LogP contribution is 2.26. The number of halogens is 1. The summed E-state index contributed by atoms with van der Waals surface area (Å²) in [6.07, 6.45) is 6.21. The van der Waals surface area contributed by atoms with Gasteiger partial charge in [-0.1, -0.05) is 11.6 Å². The van der Waals surface area contributed by atoms with Gasteiger partial charge in [-0.05, 0) is 44.0 Å². The minimum absolute atomic E-state index is 0.0743. The lowest BCUT2D eigenvalue weighted by atomic mass is 9.99. The second kappa shape index (κ2) is 8.08. The molecule has 0 aliphatic carbocycles. The standard InChI is InChI=1S/C20H21ClN6O2/c1-13-2-4-16(29-19-11-15(22)6-7-23-19)12-26(13)20(28)17-5-3-14(21)10-18(17)27-24-8-9-25-27/h3,5-11,13,16H,2,4,12H2,1H3,(H2,22,23)/t13-,16-/m1/s1. The van der Waals surface area contributed by atoms with Gasteiger partial charge < -0.3 is 15.4 Å². The smallest absolute Gasteiger partial charge is 0.256 e. The number of nitrogen functional groups attached to an aromatic ring is 1. The van der Waals surface area contributed by atoms with Gasteiger partial charge in [0.05, 0.1) is 30.2 Å². The molecule has 3 heterocycles. The van der Waals surface area contributed by atoms with Crippen LogP contribution in [-0.4, -0.2) is 49.5 Å². The molecule has 0 unspecified atom stereocenters. The van der Waals surface area contributed by atoms with Crippen LogP contribution in [0.25, 0.3) is 5.69 Å². The maximum Gasteiger partial charge on any atom is 0.256 e. The average molecular weight is 413 g/mol. The Hall–Kier alpha value is -3.13. The second-order valence-corrected chi connectivity index (χ2v) is 7.47. The van der Waals surface area contributed by atoms with Crippen LogP contribution >= 0.6 is 11.6 Å². The molecule has 2 atom stereocenters. The number of hydrogen-bond donors (Lipinski definition) is 1. The van der Waals surface area contributed by atoms with E-state index < -0.39 is 0 Å². The van der Waals surface area contributed by atoms with E-state index in [2.05, 4.69) is 15.2 Å². The molecule has 1 aliphatic heterocycles. The number of carbonyl (C=O) groups is 1. The van der Waals surface area contributed by atoms with Crippen molar-refractivity contribution in [3.05, 3.63) is 59.5 Å². The monoisotopic (exact) mass is 412 g/mol. The summed E-state index contributed by atoms with van der Waals surface area (Å²) in [6, 6.07) is 8.56. The summed E-state index contributed by atoms with van der Waals surface area (Å²) in [5, 5.41) is 8.80. The molecule has 8 nitrogen and oxygen atoms in total. The Morgan fingerprint density at radius 2 is 1.97 bits per heavy atom. The zero-order chi connectivity index (χ0) is 20.4. The van der Waals surface area contributed by atoms with E-state index in [1.807, 2.05) is 11.8 Å². The van der Waals surface area contributed by atoms with Crippen molar-refractivity contribution in [3.8, 4) is 11.6 Å². The van der Waals surface area contributed by atoms with Crippen molar-refractivity contribution >= 4 is 23.2 Å². The van der Waals surface area contributed by atoms with Crippen molar-refractivity contribution in [2.75, 3.05) is 12.3 Å². The van der Waals surface area contributed by atoms with Gasteiger partial charge in [0.25, 0.3) is 5.91 Å². The molecule has 150 valence electrons. The lowest BCUT2D eigenvalue weighted by molar-refractivity contribution is 0.0373. The normalized spacial score (nSPS) is 19.2. The lowest BCUT2D eigenvalue weighted by Crippen LogP contribution is -2.49. The molecule has 4 rings (SSSR count). The van der Waals surface area contributed by atoms with Crippen molar-refractivity contribution < 1.29 is 9.53 Å². The van der Waals surface area contributed by atoms with Crippen LogP contribution in [0.5, 0.6) is 5.88 Å². The third-order valence-electron chi connectivity index (χ3n) is 4.97. The maximum absolute atomic E-state index is 13.4. The zero-order valence-electron chi connectivity index (χ0n) is 15.9. The zero-order valence-corrected chi connectivity index (χ0v) is 16.7. The van der Waals surface area contributed by atoms with Crippen LogP contribution in [-0.2, 0) is 0 Å². The number of hydrogen-bond acceptors (Lipinski definition) is 6. The molecule has 1 aromatic carbocycles. The highest BCUT2D eigenvalue weighted by molar-refractivity contribution is 6.31. The van der Waals surface area contributed by atoms with E-state index in [0.29, 0.717) is 34.4 Å². The number of nitrogens with zero attached hydrogens (tertiary/aromatic N) is 5. The molecule has 2 aromatic heterocycles. The highest BCUT2D eigenvalue weighted by Gasteiger charge is 2.32. The van der Waals surface area contributed by atoms with Gasteiger partial charge in [0.2, 0.25) is 5.88 Å². The fraction of sp³-hybridized carbons (Fsp3) is 0.300. The van der Waals surface area contributed by atoms with Crippen LogP contribution in [0.4, 0.5) is 5.69 Å². The van der Waals surface area contributed by atoms with Crippen LogP contribution < -0.4 is 10.5 Å². The van der Waals surface area contributed by atoms with Gasteiger partial charge in [0.15, 0.2) is 0 Å². The first-order chi connectivity index (χ1) is 14.0. The number of carbonyl (C=O) groups excluding carboxylic acids is 1. The van der Waals surface area contributed by atoms with Crippen LogP contribution in [0.15, 0.2) is 48.9 Å². The number of piperidine rings is 1. The van der Waals surface area contributed by atoms with Gasteiger partial charge in [0, 0.05) is 29.0 Å². The second-order valence-electron chi connectivity index (χ2n) is 7.03. The first-order valence-corrected chi connectivity index (χ1v) is 9.74. The Labute approximate surface area is 173 Å². The Kier molecular flexibility index (Phi) is 5.35. The first kappa shape index (κ1) is 19.2. The number of benzene rings is 1. The fourth-order valence-electron chi connectivity index (χ4n) is 3.46. The molecular weight excluding hydrogens is 392 g/mol. The van der Waals surface area contributed by atoms with Gasteiger partial charge >= 0.3 is 0 Å². The molecule has 29 heavy (non-hydrogen) atoms. The molecule has 0 bridgehead atoms. The SMILES string of the molecule is C[C@@H]1CC[C@@H](Oc2cc(N)ccn2)CN1C(=O)c1ccc(Cl)cc1-n1nccn1. The van der Waals surface area contributed by atoms with Gasteiger partial charge in [-0.15, -0.1) is 0 Å². The molecule has 0 saturated carbocycles. The van der Waals surface area contributed by atoms with E-state index in [4.69, 9.17) is 22.1 Å². The van der Waals surface area contributed by atoms with Crippen molar-refractivity contribution in [3.63, 3.8) is 0 Å². The topological polar surface area (TPSA) is 99.2 Å². The summed E-state index contributed by atoms with van der Waals surface area (Å²) < 4.78 is 5.99. The van der Waals surface area contributed by atoms with Crippen LogP contribution in [0, 0.1) is 0 Å². The molecule has 1 fully saturated rings. The van der Waals surface area contributed by atoms with Crippen molar-refractivity contribution in [1.82, 2.24) is 24.9 Å². The summed E-state index contributed by atoms with van der Waals surface area (Å²) in [5.74, 6) is 0.347. The summed E-state index contributed by atoms with van der Waals surface area (Å²) >= 11 is 6.15. The first-order valence-electron chi connectivity index (χ1n) is 9.36. The maximum atomic E-state index is 13.4. The number of anilines is 1. The van der Waals surface area contributed by atoms with E-state index in [0.717, 1.165) is 12.8 Å². The van der Waals surface area contributed by atoms with Crippen molar-refractivity contribution in [1.29, 1.82) is 0 Å². The molecule has 1 saturated heterocycles. The molecule has 1 aliphatic rings. The van der Waals surface area contributed by atoms with E-state index >= 15 is 0 Å². The lowest BCUT2D eigenvalue weighted by Gasteiger charge is -2.38. The van der Waals surface area contributed by atoms with E-state index in [9.17, 15) is 4.79 Å². The van der Waals surface area contributed by atoms with Crippen LogP contribution in [0.3, 0.4) is 0 Å². The largest absolute Gasteiger partial charge is 0.472 e. The third-order valence-corrected chi connectivity index (χ3v) is 5.21. The molecule has 2 N–H and O–H groups in total. The molecule has 1 amide bonds. The highest BCUT2D eigenvalue weighted by atomic mass is 35.5. The van der Waals surface area contributed by atoms with Gasteiger partial charge in [-0.25, -0.2) is 4.98 Å². The number of amides is 1. The molecular formula is C20H21ClN6O2. The van der Waals surface area contributed by atoms with E-state index in [1.165, 1.54) is 4.80 Å². The third kappa shape index (κ3) is 4.17. The summed E-state index contributed by atoms with van der Waals surface area (Å²) in [4.78, 5) is 20.8. The number of nitrogens with two attached hydrogens (primary N) is 1. The molecule has 3 aromatic rings. The number of likely N-dealkylation sites (tertiary alicyclic amines) is 1. The fourth-order valence-corrected chi connectivity index (χ4v) is 3.63. The number of rotatable bonds is 4. The van der Waals surface area contributed by atoms with Gasteiger partial charge in [0.1, 0.15) is 6.10 Å². The number of pyridine rings is 1. The Morgan fingerprint density at radius 3 is 2.72 bits per heavy atom. The summed E-state index contributed by atoms with van der Waals surface area (Å²) in [5.41, 5.74) is 7.42. The molecule has 0 radical (unpaired) electrons. The van der Waals surface area contributed by atoms with E-state index in [1.54, 1.807) is 48.9 Å². The summed E-state index contributed by atoms with van der Waals surface area (Å²) in [6.45, 7) is 2.49. The van der Waals surface area contributed by atoms with Crippen LogP contribution in [0.1, 0.15) is 30.1 Å². The van der Waals surface area contributed by atoms with E-state index in [-0.39, 0.29) is 18.1 Å².